The van der Waals surface area contributed by atoms with Gasteiger partial charge in [-0.1, -0.05) is 18.2 Å². The fraction of sp³-hybridized carbons (Fsp3) is 0.267. The van der Waals surface area contributed by atoms with Gasteiger partial charge in [-0.05, 0) is 25.5 Å². The minimum Gasteiger partial charge on any atom is -0.373 e. The van der Waals surface area contributed by atoms with E-state index in [-0.39, 0.29) is 17.9 Å². The number of benzene rings is 1. The molecule has 1 unspecified atom stereocenters. The van der Waals surface area contributed by atoms with Crippen molar-refractivity contribution >= 4 is 28.4 Å². The molecule has 0 aliphatic carbocycles. The molecule has 3 rings (SSSR count). The lowest BCUT2D eigenvalue weighted by Crippen LogP contribution is -2.47. The van der Waals surface area contributed by atoms with E-state index < -0.39 is 0 Å². The van der Waals surface area contributed by atoms with Gasteiger partial charge in [0.2, 0.25) is 11.8 Å². The lowest BCUT2D eigenvalue weighted by Gasteiger charge is -2.23. The summed E-state index contributed by atoms with van der Waals surface area (Å²) in [4.78, 5) is 27.5. The van der Waals surface area contributed by atoms with E-state index in [1.54, 1.807) is 0 Å². The molecule has 0 spiro atoms. The predicted octanol–water partition coefficient (Wildman–Crippen LogP) is 1.76. The minimum absolute atomic E-state index is 0.205. The summed E-state index contributed by atoms with van der Waals surface area (Å²) in [5.41, 5.74) is 2.66. The Bertz CT molecular complexity index is 697. The summed E-state index contributed by atoms with van der Waals surface area (Å²) in [6, 6.07) is 9.33. The Morgan fingerprint density at radius 2 is 2.10 bits per heavy atom. The summed E-state index contributed by atoms with van der Waals surface area (Å²) in [6.07, 6.45) is 0.881. The van der Waals surface area contributed by atoms with Gasteiger partial charge in [-0.15, -0.1) is 0 Å². The molecule has 2 heterocycles. The molecule has 1 saturated heterocycles. The van der Waals surface area contributed by atoms with Gasteiger partial charge in [-0.2, -0.15) is 0 Å². The molecule has 2 aromatic rings. The highest BCUT2D eigenvalue weighted by atomic mass is 16.2. The van der Waals surface area contributed by atoms with Gasteiger partial charge in [0, 0.05) is 23.2 Å². The molecule has 0 radical (unpaired) electrons. The number of aryl methyl sites for hydroxylation is 1. The van der Waals surface area contributed by atoms with Crippen LogP contribution in [0.4, 0.5) is 5.69 Å². The van der Waals surface area contributed by atoms with E-state index in [0.29, 0.717) is 12.8 Å². The van der Waals surface area contributed by atoms with Gasteiger partial charge in [0.15, 0.2) is 0 Å². The fourth-order valence-electron chi connectivity index (χ4n) is 2.45. The van der Waals surface area contributed by atoms with E-state index in [1.165, 1.54) is 0 Å². The largest absolute Gasteiger partial charge is 0.373 e. The van der Waals surface area contributed by atoms with E-state index in [4.69, 9.17) is 0 Å². The number of rotatable bonds is 2. The van der Waals surface area contributed by atoms with E-state index in [9.17, 15) is 9.59 Å². The van der Waals surface area contributed by atoms with Crippen molar-refractivity contribution in [3.05, 3.63) is 36.0 Å². The summed E-state index contributed by atoms with van der Waals surface area (Å²) in [5, 5.41) is 6.56. The Hall–Kier alpha value is -2.43. The number of imide groups is 1. The summed E-state index contributed by atoms with van der Waals surface area (Å²) < 4.78 is 0. The van der Waals surface area contributed by atoms with Crippen molar-refractivity contribution < 1.29 is 9.59 Å². The molecule has 5 heteroatoms. The molecule has 1 aromatic carbocycles. The maximum absolute atomic E-state index is 11.8. The number of pyridine rings is 1. The Kier molecular flexibility index (Phi) is 3.10. The minimum atomic E-state index is -0.377. The number of hydrogen-bond donors (Lipinski definition) is 2. The number of amides is 2. The van der Waals surface area contributed by atoms with Crippen LogP contribution < -0.4 is 10.6 Å². The van der Waals surface area contributed by atoms with Gasteiger partial charge in [-0.25, -0.2) is 0 Å². The smallest absolute Gasteiger partial charge is 0.249 e. The molecule has 1 aromatic heterocycles. The topological polar surface area (TPSA) is 71.1 Å². The highest BCUT2D eigenvalue weighted by Gasteiger charge is 2.26. The van der Waals surface area contributed by atoms with Gasteiger partial charge in [0.1, 0.15) is 6.04 Å². The van der Waals surface area contributed by atoms with Crippen LogP contribution in [0.2, 0.25) is 0 Å². The van der Waals surface area contributed by atoms with Crippen LogP contribution in [0.3, 0.4) is 0 Å². The molecule has 1 fully saturated rings. The number of aromatic nitrogens is 1. The van der Waals surface area contributed by atoms with E-state index >= 15 is 0 Å². The zero-order valence-corrected chi connectivity index (χ0v) is 11.1. The number of nitrogens with one attached hydrogen (secondary N) is 2. The quantitative estimate of drug-likeness (QED) is 0.815. The van der Waals surface area contributed by atoms with Crippen molar-refractivity contribution in [1.82, 2.24) is 10.3 Å². The second-order valence-corrected chi connectivity index (χ2v) is 4.98. The average molecular weight is 269 g/mol. The molecule has 2 amide bonds. The molecule has 1 aliphatic rings. The normalized spacial score (nSPS) is 18.9. The van der Waals surface area contributed by atoms with E-state index in [2.05, 4.69) is 15.6 Å². The molecule has 0 bridgehead atoms. The van der Waals surface area contributed by atoms with Crippen molar-refractivity contribution in [2.75, 3.05) is 5.32 Å². The standard InChI is InChI=1S/C15H15N3O2/c1-9-8-13(10-4-2-3-5-11(10)16-9)17-12-6-7-14(19)18-15(12)20/h2-5,8,12H,6-7H2,1H3,(H,16,17)(H,18,19,20). The van der Waals surface area contributed by atoms with Crippen molar-refractivity contribution in [1.29, 1.82) is 0 Å². The number of nitrogens with zero attached hydrogens (tertiary/aromatic N) is 1. The molecular weight excluding hydrogens is 254 g/mol. The van der Waals surface area contributed by atoms with Crippen LogP contribution in [-0.4, -0.2) is 22.8 Å². The Morgan fingerprint density at radius 1 is 1.30 bits per heavy atom. The zero-order chi connectivity index (χ0) is 14.1. The number of para-hydroxylation sites is 1. The van der Waals surface area contributed by atoms with Gasteiger partial charge in [0.05, 0.1) is 5.52 Å². The maximum atomic E-state index is 11.8. The highest BCUT2D eigenvalue weighted by Crippen LogP contribution is 2.24. The van der Waals surface area contributed by atoms with Crippen LogP contribution in [0.1, 0.15) is 18.5 Å². The van der Waals surface area contributed by atoms with Crippen LogP contribution >= 0.6 is 0 Å². The number of fused-ring (bicyclic) bond motifs is 1. The molecule has 5 nitrogen and oxygen atoms in total. The predicted molar refractivity (Wildman–Crippen MR) is 76.3 cm³/mol. The maximum Gasteiger partial charge on any atom is 0.249 e. The molecule has 2 N–H and O–H groups in total. The lowest BCUT2D eigenvalue weighted by molar-refractivity contribution is -0.133. The number of carbonyl (C=O) groups excluding carboxylic acids is 2. The number of hydrogen-bond acceptors (Lipinski definition) is 4. The molecule has 20 heavy (non-hydrogen) atoms. The second-order valence-electron chi connectivity index (χ2n) is 4.98. The Morgan fingerprint density at radius 3 is 2.90 bits per heavy atom. The first kappa shape index (κ1) is 12.6. The molecule has 1 aliphatic heterocycles. The monoisotopic (exact) mass is 269 g/mol. The lowest BCUT2D eigenvalue weighted by atomic mass is 10.0. The van der Waals surface area contributed by atoms with Gasteiger partial charge < -0.3 is 5.32 Å². The van der Waals surface area contributed by atoms with Crippen LogP contribution in [0.15, 0.2) is 30.3 Å². The van der Waals surface area contributed by atoms with Gasteiger partial charge in [0.25, 0.3) is 0 Å². The van der Waals surface area contributed by atoms with Gasteiger partial charge in [-0.3, -0.25) is 19.9 Å². The summed E-state index contributed by atoms with van der Waals surface area (Å²) in [7, 11) is 0. The SMILES string of the molecule is Cc1cc(NC2CCC(=O)NC2=O)c2ccccc2n1. The molecule has 1 atom stereocenters. The van der Waals surface area contributed by atoms with Gasteiger partial charge >= 0.3 is 0 Å². The second kappa shape index (κ2) is 4.92. The Balaban J connectivity index is 1.94. The summed E-state index contributed by atoms with van der Waals surface area (Å²) >= 11 is 0. The van der Waals surface area contributed by atoms with E-state index in [1.807, 2.05) is 37.3 Å². The van der Waals surface area contributed by atoms with Crippen molar-refractivity contribution in [3.8, 4) is 0 Å². The van der Waals surface area contributed by atoms with E-state index in [0.717, 1.165) is 22.3 Å². The van der Waals surface area contributed by atoms with Crippen molar-refractivity contribution in [2.24, 2.45) is 0 Å². The number of piperidine rings is 1. The first-order valence-electron chi connectivity index (χ1n) is 6.60. The van der Waals surface area contributed by atoms with Crippen LogP contribution in [0, 0.1) is 6.92 Å². The molecule has 102 valence electrons. The summed E-state index contributed by atoms with van der Waals surface area (Å²) in [5.74, 6) is -0.469. The third-order valence-electron chi connectivity index (χ3n) is 3.41. The third kappa shape index (κ3) is 2.34. The molecule has 0 saturated carbocycles. The number of anilines is 1. The summed E-state index contributed by atoms with van der Waals surface area (Å²) in [6.45, 7) is 1.92. The highest BCUT2D eigenvalue weighted by molar-refractivity contribution is 6.02. The van der Waals surface area contributed by atoms with Crippen molar-refractivity contribution in [2.45, 2.75) is 25.8 Å². The first-order chi connectivity index (χ1) is 9.63. The van der Waals surface area contributed by atoms with Crippen molar-refractivity contribution in [3.63, 3.8) is 0 Å². The first-order valence-corrected chi connectivity index (χ1v) is 6.60. The molecular formula is C15H15N3O2. The average Bonchev–Trinajstić information content (AvgIpc) is 2.41. The fourth-order valence-corrected chi connectivity index (χ4v) is 2.45. The zero-order valence-electron chi connectivity index (χ0n) is 11.1. The van der Waals surface area contributed by atoms with Crippen LogP contribution in [0.25, 0.3) is 10.9 Å². The van der Waals surface area contributed by atoms with Crippen LogP contribution in [0.5, 0.6) is 0 Å². The Labute approximate surface area is 116 Å². The van der Waals surface area contributed by atoms with Crippen LogP contribution in [-0.2, 0) is 9.59 Å². The third-order valence-corrected chi connectivity index (χ3v) is 3.41. The number of carbonyl (C=O) groups is 2.